The Kier molecular flexibility index (Phi) is 16.0. The molecule has 0 aliphatic carbocycles. The molecule has 12 atom stereocenters. The first-order valence-electron chi connectivity index (χ1n) is 14.8. The molecule has 0 aromatic heterocycles. The maximum atomic E-state index is 12.2. The van der Waals surface area contributed by atoms with Gasteiger partial charge in [-0.25, -0.2) is 0 Å². The molecule has 0 bridgehead atoms. The van der Waals surface area contributed by atoms with Crippen LogP contribution in [0.15, 0.2) is 0 Å². The summed E-state index contributed by atoms with van der Waals surface area (Å²) in [6.07, 6.45) is 0.327. The first kappa shape index (κ1) is 37.1. The molecule has 3 rings (SSSR count). The number of ether oxygens (including phenoxy) is 6. The zero-order valence-electron chi connectivity index (χ0n) is 26.7. The molecule has 3 heterocycles. The van der Waals surface area contributed by atoms with Crippen LogP contribution >= 0.6 is 0 Å². The minimum absolute atomic E-state index is 0.01000. The molecule has 11 nitrogen and oxygen atoms in total. The average Bonchev–Trinajstić information content (AvgIpc) is 3.66. The summed E-state index contributed by atoms with van der Waals surface area (Å²) in [5.41, 5.74) is 5.67. The normalized spacial score (nSPS) is 36.0. The Balaban J connectivity index is 0.000000477. The summed E-state index contributed by atoms with van der Waals surface area (Å²) in [6, 6.07) is -0.0104. The van der Waals surface area contributed by atoms with Gasteiger partial charge in [-0.1, -0.05) is 27.7 Å². The lowest BCUT2D eigenvalue weighted by atomic mass is 9.85. The van der Waals surface area contributed by atoms with Crippen molar-refractivity contribution < 1.29 is 43.4 Å². The highest BCUT2D eigenvalue weighted by molar-refractivity contribution is 5.72. The SMILES string of the molecule is CC.CC1CC(N(C)C)C(O)C(O)O1.COC(=O)C(C)C(OC1CC2(OC)OC2C(C)O1)C(C)C[C@@H](C)CCN. The van der Waals surface area contributed by atoms with Crippen molar-refractivity contribution in [2.45, 2.75) is 129 Å². The van der Waals surface area contributed by atoms with Crippen LogP contribution in [-0.2, 0) is 33.2 Å². The van der Waals surface area contributed by atoms with Crippen LogP contribution in [0.4, 0.5) is 0 Å². The minimum Gasteiger partial charge on any atom is -0.469 e. The third-order valence-corrected chi connectivity index (χ3v) is 7.96. The molecule has 3 saturated heterocycles. The molecule has 4 N–H and O–H groups in total. The molecule has 0 amide bonds. The van der Waals surface area contributed by atoms with Crippen LogP contribution in [0.5, 0.6) is 0 Å². The number of hydrogen-bond donors (Lipinski definition) is 3. The number of likely N-dealkylation sites (N-methyl/N-ethyl adjacent to an activating group) is 1. The van der Waals surface area contributed by atoms with Gasteiger partial charge in [-0.3, -0.25) is 4.79 Å². The molecular weight excluding hydrogens is 520 g/mol. The Morgan fingerprint density at radius 3 is 2.27 bits per heavy atom. The summed E-state index contributed by atoms with van der Waals surface area (Å²) in [4.78, 5) is 14.1. The molecule has 3 aliphatic rings. The standard InChI is InChI=1S/C19H35NO6.C8H17NO3.C2H6/c1-11(7-8-20)9-12(2)16(13(3)18(21)22-5)25-15-10-19(23-6)17(26-19)14(4)24-15;1-5-4-6(9(2)3)7(10)8(11)12-5;1-2/h11-17H,7-10,20H2,1-6H3;5-8,10-11H,4H2,1-3H3;1-2H3/t11-,12?,13?,14?,15?,16?,17?,19?;;/m0../s1. The van der Waals surface area contributed by atoms with Crippen molar-refractivity contribution >= 4 is 5.97 Å². The van der Waals surface area contributed by atoms with Gasteiger partial charge in [0.25, 0.3) is 0 Å². The Labute approximate surface area is 241 Å². The van der Waals surface area contributed by atoms with E-state index in [-0.39, 0.29) is 42.3 Å². The van der Waals surface area contributed by atoms with E-state index in [2.05, 4.69) is 13.8 Å². The number of carbonyl (C=O) groups excluding carboxylic acids is 1. The van der Waals surface area contributed by atoms with E-state index in [9.17, 15) is 15.0 Å². The van der Waals surface area contributed by atoms with Gasteiger partial charge in [-0.15, -0.1) is 0 Å². The Morgan fingerprint density at radius 1 is 1.12 bits per heavy atom. The van der Waals surface area contributed by atoms with E-state index >= 15 is 0 Å². The quantitative estimate of drug-likeness (QED) is 0.246. The van der Waals surface area contributed by atoms with E-state index < -0.39 is 30.4 Å². The second kappa shape index (κ2) is 17.3. The highest BCUT2D eigenvalue weighted by Gasteiger charge is 2.65. The van der Waals surface area contributed by atoms with Crippen LogP contribution < -0.4 is 5.73 Å². The fourth-order valence-electron chi connectivity index (χ4n) is 5.69. The number of rotatable bonds is 11. The Hall–Kier alpha value is -0.890. The van der Waals surface area contributed by atoms with Crippen LogP contribution in [0, 0.1) is 17.8 Å². The lowest BCUT2D eigenvalue weighted by Crippen LogP contribution is -2.53. The van der Waals surface area contributed by atoms with Gasteiger partial charge in [0.1, 0.15) is 12.2 Å². The summed E-state index contributed by atoms with van der Waals surface area (Å²) in [5.74, 6) is -0.675. The van der Waals surface area contributed by atoms with E-state index in [1.54, 1.807) is 7.11 Å². The van der Waals surface area contributed by atoms with Gasteiger partial charge >= 0.3 is 5.97 Å². The lowest BCUT2D eigenvalue weighted by molar-refractivity contribution is -0.244. The van der Waals surface area contributed by atoms with Crippen molar-refractivity contribution in [2.75, 3.05) is 34.9 Å². The summed E-state index contributed by atoms with van der Waals surface area (Å²) in [7, 11) is 6.82. The van der Waals surface area contributed by atoms with Crippen LogP contribution in [0.1, 0.15) is 74.1 Å². The van der Waals surface area contributed by atoms with Crippen LogP contribution in [0.2, 0.25) is 0 Å². The fourth-order valence-corrected chi connectivity index (χ4v) is 5.69. The van der Waals surface area contributed by atoms with E-state index in [0.717, 1.165) is 19.3 Å². The maximum absolute atomic E-state index is 12.2. The zero-order valence-corrected chi connectivity index (χ0v) is 26.7. The van der Waals surface area contributed by atoms with Crippen molar-refractivity contribution in [3.63, 3.8) is 0 Å². The van der Waals surface area contributed by atoms with Gasteiger partial charge in [0.05, 0.1) is 37.8 Å². The number of aliphatic hydroxyl groups excluding tert-OH is 2. The number of fused-ring (bicyclic) bond motifs is 1. The molecular formula is C29H58N2O9. The third-order valence-electron chi connectivity index (χ3n) is 7.96. The van der Waals surface area contributed by atoms with Crippen molar-refractivity contribution in [1.82, 2.24) is 4.90 Å². The predicted molar refractivity (Wildman–Crippen MR) is 152 cm³/mol. The van der Waals surface area contributed by atoms with Crippen molar-refractivity contribution in [2.24, 2.45) is 23.5 Å². The predicted octanol–water partition coefficient (Wildman–Crippen LogP) is 2.50. The van der Waals surface area contributed by atoms with Gasteiger partial charge in [0.2, 0.25) is 5.79 Å². The van der Waals surface area contributed by atoms with Crippen LogP contribution in [-0.4, -0.2) is 111 Å². The third kappa shape index (κ3) is 10.1. The number of nitrogens with two attached hydrogens (primary N) is 1. The van der Waals surface area contributed by atoms with Crippen molar-refractivity contribution in [3.05, 3.63) is 0 Å². The summed E-state index contributed by atoms with van der Waals surface area (Å²) in [5, 5.41) is 18.8. The minimum atomic E-state index is -1.04. The number of epoxide rings is 1. The first-order valence-corrected chi connectivity index (χ1v) is 14.8. The smallest absolute Gasteiger partial charge is 0.311 e. The molecule has 0 aromatic rings. The summed E-state index contributed by atoms with van der Waals surface area (Å²) < 4.78 is 33.5. The highest BCUT2D eigenvalue weighted by Crippen LogP contribution is 2.49. The summed E-state index contributed by atoms with van der Waals surface area (Å²) >= 11 is 0. The van der Waals surface area contributed by atoms with Crippen molar-refractivity contribution in [3.8, 4) is 0 Å². The van der Waals surface area contributed by atoms with Gasteiger partial charge in [0.15, 0.2) is 12.6 Å². The molecule has 0 aromatic carbocycles. The number of methoxy groups -OCH3 is 2. The second-order valence-electron chi connectivity index (χ2n) is 11.4. The molecule has 3 aliphatic heterocycles. The molecule has 40 heavy (non-hydrogen) atoms. The zero-order chi connectivity index (χ0) is 30.8. The second-order valence-corrected chi connectivity index (χ2v) is 11.4. The molecule has 3 fully saturated rings. The monoisotopic (exact) mass is 578 g/mol. The number of hydrogen-bond acceptors (Lipinski definition) is 11. The molecule has 11 unspecified atom stereocenters. The number of esters is 1. The van der Waals surface area contributed by atoms with E-state index in [1.165, 1.54) is 7.11 Å². The largest absolute Gasteiger partial charge is 0.469 e. The number of aliphatic hydroxyl groups is 2. The first-order chi connectivity index (χ1) is 18.8. The summed E-state index contributed by atoms with van der Waals surface area (Å²) in [6.45, 7) is 14.6. The fraction of sp³-hybridized carbons (Fsp3) is 0.966. The van der Waals surface area contributed by atoms with E-state index in [4.69, 9.17) is 34.2 Å². The lowest BCUT2D eigenvalue weighted by Gasteiger charge is -2.38. The number of nitrogens with zero attached hydrogens (tertiary/aromatic N) is 1. The Morgan fingerprint density at radius 2 is 1.75 bits per heavy atom. The van der Waals surface area contributed by atoms with E-state index in [0.29, 0.717) is 18.9 Å². The highest BCUT2D eigenvalue weighted by atomic mass is 16.8. The van der Waals surface area contributed by atoms with Crippen molar-refractivity contribution in [1.29, 1.82) is 0 Å². The van der Waals surface area contributed by atoms with Crippen LogP contribution in [0.3, 0.4) is 0 Å². The number of carbonyl (C=O) groups is 1. The van der Waals surface area contributed by atoms with Gasteiger partial charge in [0, 0.05) is 13.2 Å². The molecule has 238 valence electrons. The van der Waals surface area contributed by atoms with E-state index in [1.807, 2.05) is 53.6 Å². The van der Waals surface area contributed by atoms with Gasteiger partial charge in [-0.2, -0.15) is 0 Å². The molecule has 0 spiro atoms. The molecule has 0 saturated carbocycles. The van der Waals surface area contributed by atoms with Crippen LogP contribution in [0.25, 0.3) is 0 Å². The van der Waals surface area contributed by atoms with Gasteiger partial charge < -0.3 is 49.3 Å². The average molecular weight is 579 g/mol. The molecule has 11 heteroatoms. The maximum Gasteiger partial charge on any atom is 0.311 e. The topological polar surface area (TPSA) is 145 Å². The molecule has 0 radical (unpaired) electrons. The van der Waals surface area contributed by atoms with Gasteiger partial charge in [-0.05, 0) is 72.5 Å². The Bertz CT molecular complexity index is 730.